The Bertz CT molecular complexity index is 1150. The van der Waals surface area contributed by atoms with E-state index in [9.17, 15) is 9.59 Å². The summed E-state index contributed by atoms with van der Waals surface area (Å²) in [6, 6.07) is 19.4. The predicted molar refractivity (Wildman–Crippen MR) is 125 cm³/mol. The highest BCUT2D eigenvalue weighted by molar-refractivity contribution is 6.31. The Morgan fingerprint density at radius 1 is 1.03 bits per heavy atom. The number of fused-ring (bicyclic) bond motifs is 1. The van der Waals surface area contributed by atoms with E-state index in [1.165, 1.54) is 6.07 Å². The first kappa shape index (κ1) is 22.5. The van der Waals surface area contributed by atoms with Gasteiger partial charge in [0.2, 0.25) is 6.79 Å². The minimum atomic E-state index is -0.376. The number of ether oxygens (including phenoxy) is 3. The first-order valence-corrected chi connectivity index (χ1v) is 10.9. The monoisotopic (exact) mass is 466 g/mol. The summed E-state index contributed by atoms with van der Waals surface area (Å²) in [6.07, 6.45) is 0. The Morgan fingerprint density at radius 2 is 1.82 bits per heavy atom. The standard InChI is InChI=1S/C25H23ClN2O5/c1-2-28(14-17-8-10-22-23(12-17)33-16-32-22)24(29)15-31-21-11-9-18(26)13-20(21)25(30)27-19-6-4-3-5-7-19/h3-13H,2,14-16H2,1H3,(H,27,30). The van der Waals surface area contributed by atoms with Gasteiger partial charge in [-0.3, -0.25) is 9.59 Å². The highest BCUT2D eigenvalue weighted by Crippen LogP contribution is 2.33. The molecule has 0 unspecified atom stereocenters. The molecule has 4 rings (SSSR count). The largest absolute Gasteiger partial charge is 0.483 e. The molecule has 1 N–H and O–H groups in total. The molecule has 1 aliphatic rings. The zero-order valence-corrected chi connectivity index (χ0v) is 18.8. The van der Waals surface area contributed by atoms with E-state index in [4.69, 9.17) is 25.8 Å². The summed E-state index contributed by atoms with van der Waals surface area (Å²) < 4.78 is 16.5. The van der Waals surface area contributed by atoms with E-state index >= 15 is 0 Å². The van der Waals surface area contributed by atoms with Gasteiger partial charge in [-0.2, -0.15) is 0 Å². The lowest BCUT2D eigenvalue weighted by molar-refractivity contribution is -0.133. The van der Waals surface area contributed by atoms with Crippen LogP contribution in [0.25, 0.3) is 0 Å². The van der Waals surface area contributed by atoms with Gasteiger partial charge in [-0.1, -0.05) is 35.9 Å². The van der Waals surface area contributed by atoms with Crippen molar-refractivity contribution in [2.24, 2.45) is 0 Å². The fourth-order valence-corrected chi connectivity index (χ4v) is 3.56. The minimum absolute atomic E-state index is 0.199. The van der Waals surface area contributed by atoms with Gasteiger partial charge in [0.05, 0.1) is 5.56 Å². The van der Waals surface area contributed by atoms with Crippen LogP contribution in [0.3, 0.4) is 0 Å². The Labute approximate surface area is 196 Å². The van der Waals surface area contributed by atoms with E-state index in [0.717, 1.165) is 5.56 Å². The second-order valence-corrected chi connectivity index (χ2v) is 7.78. The van der Waals surface area contributed by atoms with Gasteiger partial charge in [0.1, 0.15) is 5.75 Å². The summed E-state index contributed by atoms with van der Waals surface area (Å²) in [5, 5.41) is 3.20. The average molecular weight is 467 g/mol. The van der Waals surface area contributed by atoms with Crippen LogP contribution in [0.15, 0.2) is 66.7 Å². The van der Waals surface area contributed by atoms with Crippen molar-refractivity contribution in [2.75, 3.05) is 25.3 Å². The Hall–Kier alpha value is -3.71. The lowest BCUT2D eigenvalue weighted by Gasteiger charge is -2.21. The number of anilines is 1. The Balaban J connectivity index is 1.42. The third kappa shape index (κ3) is 5.56. The summed E-state index contributed by atoms with van der Waals surface area (Å²) in [6.45, 7) is 2.78. The summed E-state index contributed by atoms with van der Waals surface area (Å²) in [7, 11) is 0. The van der Waals surface area contributed by atoms with Crippen molar-refractivity contribution >= 4 is 29.1 Å². The number of likely N-dealkylation sites (N-methyl/N-ethyl adjacent to an activating group) is 1. The lowest BCUT2D eigenvalue weighted by Crippen LogP contribution is -2.34. The van der Waals surface area contributed by atoms with E-state index in [0.29, 0.717) is 35.3 Å². The number of hydrogen-bond donors (Lipinski definition) is 1. The van der Waals surface area contributed by atoms with Gasteiger partial charge in [0, 0.05) is 23.8 Å². The Kier molecular flexibility index (Phi) is 7.00. The molecule has 0 aliphatic carbocycles. The predicted octanol–water partition coefficient (Wildman–Crippen LogP) is 4.75. The fraction of sp³-hybridized carbons (Fsp3) is 0.200. The summed E-state index contributed by atoms with van der Waals surface area (Å²) in [5.41, 5.74) is 1.81. The van der Waals surface area contributed by atoms with Crippen LogP contribution in [0.1, 0.15) is 22.8 Å². The molecule has 0 spiro atoms. The third-order valence-corrected chi connectivity index (χ3v) is 5.35. The molecule has 0 saturated heterocycles. The van der Waals surface area contributed by atoms with E-state index < -0.39 is 0 Å². The lowest BCUT2D eigenvalue weighted by atomic mass is 10.1. The molecule has 0 saturated carbocycles. The molecule has 3 aromatic carbocycles. The van der Waals surface area contributed by atoms with Crippen LogP contribution in [0.2, 0.25) is 5.02 Å². The molecule has 3 aromatic rings. The minimum Gasteiger partial charge on any atom is -0.483 e. The maximum atomic E-state index is 12.8. The van der Waals surface area contributed by atoms with Crippen molar-refractivity contribution in [2.45, 2.75) is 13.5 Å². The van der Waals surface area contributed by atoms with Crippen LogP contribution in [-0.4, -0.2) is 36.7 Å². The highest BCUT2D eigenvalue weighted by Gasteiger charge is 2.19. The number of hydrogen-bond acceptors (Lipinski definition) is 5. The molecule has 33 heavy (non-hydrogen) atoms. The number of benzene rings is 3. The van der Waals surface area contributed by atoms with Gasteiger partial charge in [0.25, 0.3) is 11.8 Å². The van der Waals surface area contributed by atoms with Crippen LogP contribution in [0, 0.1) is 0 Å². The number of nitrogens with one attached hydrogen (secondary N) is 1. The molecule has 1 heterocycles. The normalized spacial score (nSPS) is 11.7. The van der Waals surface area contributed by atoms with Gasteiger partial charge < -0.3 is 24.4 Å². The first-order valence-electron chi connectivity index (χ1n) is 10.5. The highest BCUT2D eigenvalue weighted by atomic mass is 35.5. The number of rotatable bonds is 8. The SMILES string of the molecule is CCN(Cc1ccc2c(c1)OCO2)C(=O)COc1ccc(Cl)cc1C(=O)Nc1ccccc1. The zero-order valence-electron chi connectivity index (χ0n) is 18.0. The molecular weight excluding hydrogens is 444 g/mol. The van der Waals surface area contributed by atoms with Crippen molar-refractivity contribution in [1.29, 1.82) is 0 Å². The van der Waals surface area contributed by atoms with E-state index in [2.05, 4.69) is 5.32 Å². The van der Waals surface area contributed by atoms with Crippen LogP contribution >= 0.6 is 11.6 Å². The number of carbonyl (C=O) groups excluding carboxylic acids is 2. The van der Waals surface area contributed by atoms with Gasteiger partial charge in [-0.25, -0.2) is 0 Å². The summed E-state index contributed by atoms with van der Waals surface area (Å²) >= 11 is 6.10. The van der Waals surface area contributed by atoms with Crippen LogP contribution in [0.5, 0.6) is 17.2 Å². The number of para-hydroxylation sites is 1. The van der Waals surface area contributed by atoms with Crippen LogP contribution in [-0.2, 0) is 11.3 Å². The van der Waals surface area contributed by atoms with Crippen molar-refractivity contribution in [3.05, 3.63) is 82.9 Å². The molecule has 1 aliphatic heterocycles. The fourth-order valence-electron chi connectivity index (χ4n) is 3.39. The summed E-state index contributed by atoms with van der Waals surface area (Å²) in [5.74, 6) is 1.06. The van der Waals surface area contributed by atoms with Gasteiger partial charge in [-0.15, -0.1) is 0 Å². The smallest absolute Gasteiger partial charge is 0.260 e. The van der Waals surface area contributed by atoms with Crippen molar-refractivity contribution in [3.63, 3.8) is 0 Å². The van der Waals surface area contributed by atoms with E-state index in [1.807, 2.05) is 43.3 Å². The topological polar surface area (TPSA) is 77.1 Å². The first-order chi connectivity index (χ1) is 16.0. The van der Waals surface area contributed by atoms with Crippen LogP contribution in [0.4, 0.5) is 5.69 Å². The van der Waals surface area contributed by atoms with E-state index in [-0.39, 0.29) is 36.5 Å². The molecule has 0 fully saturated rings. The Morgan fingerprint density at radius 3 is 2.61 bits per heavy atom. The number of halogens is 1. The third-order valence-electron chi connectivity index (χ3n) is 5.11. The van der Waals surface area contributed by atoms with E-state index in [1.54, 1.807) is 29.2 Å². The molecule has 0 aromatic heterocycles. The molecule has 8 heteroatoms. The van der Waals surface area contributed by atoms with Gasteiger partial charge in [-0.05, 0) is 55.0 Å². The molecule has 170 valence electrons. The molecule has 0 radical (unpaired) electrons. The zero-order chi connectivity index (χ0) is 23.2. The molecule has 2 amide bonds. The molecule has 0 atom stereocenters. The van der Waals surface area contributed by atoms with Crippen molar-refractivity contribution < 1.29 is 23.8 Å². The van der Waals surface area contributed by atoms with Crippen molar-refractivity contribution in [3.8, 4) is 17.2 Å². The quantitative estimate of drug-likeness (QED) is 0.518. The van der Waals surface area contributed by atoms with Gasteiger partial charge in [0.15, 0.2) is 18.1 Å². The maximum Gasteiger partial charge on any atom is 0.260 e. The van der Waals surface area contributed by atoms with Crippen LogP contribution < -0.4 is 19.5 Å². The molecule has 7 nitrogen and oxygen atoms in total. The number of nitrogens with zero attached hydrogens (tertiary/aromatic N) is 1. The van der Waals surface area contributed by atoms with Gasteiger partial charge >= 0.3 is 0 Å². The second-order valence-electron chi connectivity index (χ2n) is 7.34. The maximum absolute atomic E-state index is 12.8. The second kappa shape index (κ2) is 10.3. The molecular formula is C25H23ClN2O5. The number of carbonyl (C=O) groups is 2. The average Bonchev–Trinajstić information content (AvgIpc) is 3.30. The number of amides is 2. The molecule has 0 bridgehead atoms. The van der Waals surface area contributed by atoms with Crippen molar-refractivity contribution in [1.82, 2.24) is 4.90 Å². The summed E-state index contributed by atoms with van der Waals surface area (Å²) in [4.78, 5) is 27.3.